The molecule has 3 nitrogen and oxygen atoms in total. The topological polar surface area (TPSA) is 41.1 Å². The highest BCUT2D eigenvalue weighted by Crippen LogP contribution is 1.97. The molecule has 82 valence electrons. The number of hydrogen-bond donors (Lipinski definition) is 2. The molecule has 0 heterocycles. The molecule has 0 aromatic carbocycles. The Hall–Kier alpha value is -0.830. The predicted molar refractivity (Wildman–Crippen MR) is 60.2 cm³/mol. The number of amides is 1. The van der Waals surface area contributed by atoms with E-state index in [0.29, 0.717) is 13.1 Å². The molecule has 0 aliphatic carbocycles. The van der Waals surface area contributed by atoms with Crippen LogP contribution in [0.15, 0.2) is 12.2 Å². The second-order valence-electron chi connectivity index (χ2n) is 4.51. The Labute approximate surface area is 87.0 Å². The predicted octanol–water partition coefficient (Wildman–Crippen LogP) is 1.46. The third kappa shape index (κ3) is 7.80. The van der Waals surface area contributed by atoms with E-state index in [4.69, 9.17) is 0 Å². The van der Waals surface area contributed by atoms with Crippen molar-refractivity contribution in [1.82, 2.24) is 10.6 Å². The summed E-state index contributed by atoms with van der Waals surface area (Å²) in [5.41, 5.74) is 0.967. The van der Waals surface area contributed by atoms with Crippen molar-refractivity contribution in [3.63, 3.8) is 0 Å². The fourth-order valence-corrected chi connectivity index (χ4v) is 0.940. The maximum absolute atomic E-state index is 11.3. The molecule has 0 saturated heterocycles. The lowest BCUT2D eigenvalue weighted by atomic mass is 10.1. The van der Waals surface area contributed by atoms with Crippen LogP contribution >= 0.6 is 0 Å². The van der Waals surface area contributed by atoms with E-state index >= 15 is 0 Å². The molecule has 0 fully saturated rings. The van der Waals surface area contributed by atoms with Crippen molar-refractivity contribution < 1.29 is 4.79 Å². The van der Waals surface area contributed by atoms with Crippen LogP contribution in [0, 0.1) is 0 Å². The lowest BCUT2D eigenvalue weighted by Gasteiger charge is -2.20. The Morgan fingerprint density at radius 3 is 2.29 bits per heavy atom. The third-order valence-electron chi connectivity index (χ3n) is 1.67. The van der Waals surface area contributed by atoms with Crippen molar-refractivity contribution in [3.05, 3.63) is 12.2 Å². The Morgan fingerprint density at radius 2 is 1.86 bits per heavy atom. The van der Waals surface area contributed by atoms with Crippen LogP contribution in [0.4, 0.5) is 0 Å². The SMILES string of the molecule is C=C(CC)CNCC(=O)NC(C)(C)C. The molecule has 0 rings (SSSR count). The molecule has 3 heteroatoms. The molecule has 0 saturated carbocycles. The normalized spacial score (nSPS) is 11.1. The number of carbonyl (C=O) groups is 1. The zero-order chi connectivity index (χ0) is 11.2. The molecule has 1 amide bonds. The van der Waals surface area contributed by atoms with Gasteiger partial charge in [0.2, 0.25) is 5.91 Å². The van der Waals surface area contributed by atoms with Gasteiger partial charge in [0.15, 0.2) is 0 Å². The van der Waals surface area contributed by atoms with E-state index in [2.05, 4.69) is 24.1 Å². The van der Waals surface area contributed by atoms with Crippen LogP contribution < -0.4 is 10.6 Å². The maximum Gasteiger partial charge on any atom is 0.234 e. The van der Waals surface area contributed by atoms with Crippen LogP contribution in [0.2, 0.25) is 0 Å². The van der Waals surface area contributed by atoms with Gasteiger partial charge >= 0.3 is 0 Å². The largest absolute Gasteiger partial charge is 0.350 e. The van der Waals surface area contributed by atoms with Gasteiger partial charge in [0, 0.05) is 12.1 Å². The van der Waals surface area contributed by atoms with Crippen molar-refractivity contribution in [3.8, 4) is 0 Å². The highest BCUT2D eigenvalue weighted by atomic mass is 16.2. The van der Waals surface area contributed by atoms with Crippen LogP contribution in [-0.2, 0) is 4.79 Å². The van der Waals surface area contributed by atoms with E-state index in [1.54, 1.807) is 0 Å². The standard InChI is InChI=1S/C11H22N2O/c1-6-9(2)7-12-8-10(14)13-11(3,4)5/h12H,2,6-8H2,1,3-5H3,(H,13,14). The molecule has 0 aliphatic rings. The monoisotopic (exact) mass is 198 g/mol. The first-order chi connectivity index (χ1) is 6.35. The molecule has 0 aromatic heterocycles. The van der Waals surface area contributed by atoms with E-state index in [0.717, 1.165) is 12.0 Å². The Morgan fingerprint density at radius 1 is 1.29 bits per heavy atom. The van der Waals surface area contributed by atoms with Crippen LogP contribution in [0.1, 0.15) is 34.1 Å². The van der Waals surface area contributed by atoms with Gasteiger partial charge in [-0.15, -0.1) is 0 Å². The second-order valence-corrected chi connectivity index (χ2v) is 4.51. The fourth-order valence-electron chi connectivity index (χ4n) is 0.940. The minimum Gasteiger partial charge on any atom is -0.350 e. The van der Waals surface area contributed by atoms with Crippen molar-refractivity contribution in [1.29, 1.82) is 0 Å². The summed E-state index contributed by atoms with van der Waals surface area (Å²) in [5.74, 6) is 0.0291. The zero-order valence-corrected chi connectivity index (χ0v) is 9.74. The molecule has 0 atom stereocenters. The smallest absolute Gasteiger partial charge is 0.234 e. The van der Waals surface area contributed by atoms with E-state index in [-0.39, 0.29) is 11.4 Å². The van der Waals surface area contributed by atoms with E-state index in [9.17, 15) is 4.79 Å². The first-order valence-electron chi connectivity index (χ1n) is 5.03. The molecule has 0 unspecified atom stereocenters. The summed E-state index contributed by atoms with van der Waals surface area (Å²) in [6, 6.07) is 0. The number of hydrogen-bond acceptors (Lipinski definition) is 2. The molecule has 0 aliphatic heterocycles. The average molecular weight is 198 g/mol. The summed E-state index contributed by atoms with van der Waals surface area (Å²) in [6.07, 6.45) is 0.952. The van der Waals surface area contributed by atoms with Crippen LogP contribution in [0.5, 0.6) is 0 Å². The summed E-state index contributed by atoms with van der Waals surface area (Å²) in [6.45, 7) is 12.9. The summed E-state index contributed by atoms with van der Waals surface area (Å²) >= 11 is 0. The minimum atomic E-state index is -0.152. The summed E-state index contributed by atoms with van der Waals surface area (Å²) in [7, 11) is 0. The van der Waals surface area contributed by atoms with Gasteiger partial charge in [-0.1, -0.05) is 19.1 Å². The van der Waals surface area contributed by atoms with Gasteiger partial charge in [-0.05, 0) is 27.2 Å². The number of carbonyl (C=O) groups excluding carboxylic acids is 1. The second kappa shape index (κ2) is 5.81. The summed E-state index contributed by atoms with van der Waals surface area (Å²) < 4.78 is 0. The molecule has 14 heavy (non-hydrogen) atoms. The fraction of sp³-hybridized carbons (Fsp3) is 0.727. The van der Waals surface area contributed by atoms with Crippen molar-refractivity contribution in [2.45, 2.75) is 39.7 Å². The van der Waals surface area contributed by atoms with Crippen molar-refractivity contribution in [2.24, 2.45) is 0 Å². The molecular weight excluding hydrogens is 176 g/mol. The first kappa shape index (κ1) is 13.2. The average Bonchev–Trinajstić information content (AvgIpc) is 2.00. The van der Waals surface area contributed by atoms with Gasteiger partial charge in [0.05, 0.1) is 6.54 Å². The summed E-state index contributed by atoms with van der Waals surface area (Å²) in [4.78, 5) is 11.3. The van der Waals surface area contributed by atoms with Gasteiger partial charge in [0.1, 0.15) is 0 Å². The van der Waals surface area contributed by atoms with Gasteiger partial charge in [-0.2, -0.15) is 0 Å². The minimum absolute atomic E-state index is 0.0291. The van der Waals surface area contributed by atoms with Gasteiger partial charge in [0.25, 0.3) is 0 Å². The molecular formula is C11H22N2O. The van der Waals surface area contributed by atoms with Crippen LogP contribution in [0.3, 0.4) is 0 Å². The highest BCUT2D eigenvalue weighted by molar-refractivity contribution is 5.78. The quantitative estimate of drug-likeness (QED) is 0.657. The van der Waals surface area contributed by atoms with Gasteiger partial charge < -0.3 is 10.6 Å². The Kier molecular flexibility index (Phi) is 5.46. The Bertz CT molecular complexity index is 204. The van der Waals surface area contributed by atoms with Crippen LogP contribution in [-0.4, -0.2) is 24.5 Å². The van der Waals surface area contributed by atoms with Crippen molar-refractivity contribution >= 4 is 5.91 Å². The number of nitrogens with one attached hydrogen (secondary N) is 2. The molecule has 0 bridgehead atoms. The first-order valence-corrected chi connectivity index (χ1v) is 5.03. The third-order valence-corrected chi connectivity index (χ3v) is 1.67. The van der Waals surface area contributed by atoms with E-state index < -0.39 is 0 Å². The Balaban J connectivity index is 3.60. The highest BCUT2D eigenvalue weighted by Gasteiger charge is 2.12. The molecule has 0 spiro atoms. The zero-order valence-electron chi connectivity index (χ0n) is 9.74. The van der Waals surface area contributed by atoms with Gasteiger partial charge in [-0.3, -0.25) is 4.79 Å². The number of rotatable bonds is 5. The molecule has 2 N–H and O–H groups in total. The van der Waals surface area contributed by atoms with E-state index in [1.165, 1.54) is 0 Å². The lowest BCUT2D eigenvalue weighted by Crippen LogP contribution is -2.45. The summed E-state index contributed by atoms with van der Waals surface area (Å²) in [5, 5.41) is 5.93. The molecule has 0 aromatic rings. The molecule has 0 radical (unpaired) electrons. The van der Waals surface area contributed by atoms with Crippen LogP contribution in [0.25, 0.3) is 0 Å². The van der Waals surface area contributed by atoms with Crippen molar-refractivity contribution in [2.75, 3.05) is 13.1 Å². The van der Waals surface area contributed by atoms with E-state index in [1.807, 2.05) is 20.8 Å². The maximum atomic E-state index is 11.3. The lowest BCUT2D eigenvalue weighted by molar-refractivity contribution is -0.121. The van der Waals surface area contributed by atoms with Gasteiger partial charge in [-0.25, -0.2) is 0 Å².